The van der Waals surface area contributed by atoms with Gasteiger partial charge in [-0.05, 0) is 18.8 Å². The number of hydrogen-bond donors (Lipinski definition) is 5. The number of carboxylic acids is 1. The molecule has 6 N–H and O–H groups in total. The van der Waals surface area contributed by atoms with Gasteiger partial charge >= 0.3 is 5.97 Å². The highest BCUT2D eigenvalue weighted by Gasteiger charge is 2.45. The number of amides is 2. The Morgan fingerprint density at radius 1 is 1.30 bits per heavy atom. The molecule has 1 rings (SSSR count). The van der Waals surface area contributed by atoms with E-state index in [0.29, 0.717) is 12.3 Å². The van der Waals surface area contributed by atoms with Gasteiger partial charge in [0.05, 0.1) is 5.92 Å². The van der Waals surface area contributed by atoms with Gasteiger partial charge < -0.3 is 10.4 Å². The quantitative estimate of drug-likeness (QED) is 0.237. The van der Waals surface area contributed by atoms with E-state index in [1.807, 2.05) is 0 Å². The molecule has 0 aromatic rings. The Morgan fingerprint density at radius 2 is 1.91 bits per heavy atom. The molecule has 132 valence electrons. The Kier molecular flexibility index (Phi) is 7.44. The van der Waals surface area contributed by atoms with Gasteiger partial charge in [0, 0.05) is 19.0 Å². The number of nitrogens with one attached hydrogen (secondary N) is 3. The first-order chi connectivity index (χ1) is 10.8. The molecule has 0 spiro atoms. The summed E-state index contributed by atoms with van der Waals surface area (Å²) in [6.45, 7) is 5.57. The molecule has 2 amide bonds. The first-order valence-electron chi connectivity index (χ1n) is 8.10. The van der Waals surface area contributed by atoms with E-state index in [0.717, 1.165) is 12.8 Å². The lowest BCUT2D eigenvalue weighted by molar-refractivity contribution is -0.139. The van der Waals surface area contributed by atoms with Crippen molar-refractivity contribution < 1.29 is 19.5 Å². The van der Waals surface area contributed by atoms with Crippen LogP contribution < -0.4 is 21.9 Å². The molecule has 0 saturated carbocycles. The van der Waals surface area contributed by atoms with Crippen molar-refractivity contribution >= 4 is 17.8 Å². The van der Waals surface area contributed by atoms with Crippen molar-refractivity contribution in [2.24, 2.45) is 17.7 Å². The zero-order chi connectivity index (χ0) is 17.6. The normalized spacial score (nSPS) is 25.2. The lowest BCUT2D eigenvalue weighted by Gasteiger charge is -2.31. The number of aliphatic carboxylic acids is 1. The van der Waals surface area contributed by atoms with Crippen LogP contribution in [0.2, 0.25) is 0 Å². The highest BCUT2D eigenvalue weighted by atomic mass is 16.4. The standard InChI is InChI=1S/C15H28N4O4/c1-4-9(5-2)6-11(17-8(3)20)13-10(14(21)19-16)7-12(18-13)15(22)23/h9-13,18H,4-7,16H2,1-3H3,(H,17,20)(H,19,21)(H,22,23)/t10?,11?,12-,13?/m0/s1. The number of nitrogens with two attached hydrogens (primary N) is 1. The van der Waals surface area contributed by atoms with Crippen LogP contribution in [0.1, 0.15) is 46.5 Å². The molecule has 0 radical (unpaired) electrons. The third kappa shape index (κ3) is 5.18. The van der Waals surface area contributed by atoms with E-state index in [-0.39, 0.29) is 18.4 Å². The Hall–Kier alpha value is -1.67. The van der Waals surface area contributed by atoms with Crippen LogP contribution in [-0.4, -0.2) is 41.0 Å². The van der Waals surface area contributed by atoms with Crippen molar-refractivity contribution in [3.63, 3.8) is 0 Å². The molecule has 0 aromatic carbocycles. The third-order valence-electron chi connectivity index (χ3n) is 4.66. The summed E-state index contributed by atoms with van der Waals surface area (Å²) in [6.07, 6.45) is 2.75. The topological polar surface area (TPSA) is 134 Å². The van der Waals surface area contributed by atoms with Gasteiger partial charge in [0.15, 0.2) is 0 Å². The Morgan fingerprint density at radius 3 is 2.35 bits per heavy atom. The van der Waals surface area contributed by atoms with Crippen LogP contribution in [0, 0.1) is 11.8 Å². The molecule has 0 aliphatic carbocycles. The Labute approximate surface area is 136 Å². The summed E-state index contributed by atoms with van der Waals surface area (Å²) in [5.74, 6) is 3.41. The fraction of sp³-hybridized carbons (Fsp3) is 0.800. The van der Waals surface area contributed by atoms with E-state index in [9.17, 15) is 19.5 Å². The fourth-order valence-electron chi connectivity index (χ4n) is 3.30. The van der Waals surface area contributed by atoms with Crippen molar-refractivity contribution in [2.75, 3.05) is 0 Å². The van der Waals surface area contributed by atoms with Crippen molar-refractivity contribution in [1.82, 2.24) is 16.1 Å². The largest absolute Gasteiger partial charge is 0.480 e. The first-order valence-corrected chi connectivity index (χ1v) is 8.10. The summed E-state index contributed by atoms with van der Waals surface area (Å²) < 4.78 is 0. The van der Waals surface area contributed by atoms with E-state index in [1.54, 1.807) is 0 Å². The van der Waals surface area contributed by atoms with E-state index in [2.05, 4.69) is 29.9 Å². The average Bonchev–Trinajstić information content (AvgIpc) is 2.95. The molecule has 1 aliphatic rings. The van der Waals surface area contributed by atoms with Gasteiger partial charge in [-0.25, -0.2) is 5.84 Å². The number of rotatable bonds is 8. The molecule has 8 nitrogen and oxygen atoms in total. The van der Waals surface area contributed by atoms with Gasteiger partial charge in [0.2, 0.25) is 11.8 Å². The summed E-state index contributed by atoms with van der Waals surface area (Å²) in [6, 6.07) is -1.59. The Bertz CT molecular complexity index is 439. The smallest absolute Gasteiger partial charge is 0.320 e. The van der Waals surface area contributed by atoms with Crippen LogP contribution in [0.15, 0.2) is 0 Å². The minimum atomic E-state index is -1.01. The van der Waals surface area contributed by atoms with E-state index >= 15 is 0 Å². The summed E-state index contributed by atoms with van der Waals surface area (Å²) in [5, 5.41) is 15.1. The second-order valence-corrected chi connectivity index (χ2v) is 6.16. The van der Waals surface area contributed by atoms with Crippen LogP contribution >= 0.6 is 0 Å². The summed E-state index contributed by atoms with van der Waals surface area (Å²) in [4.78, 5) is 34.8. The summed E-state index contributed by atoms with van der Waals surface area (Å²) in [7, 11) is 0. The maximum Gasteiger partial charge on any atom is 0.320 e. The van der Waals surface area contributed by atoms with Crippen molar-refractivity contribution in [3.8, 4) is 0 Å². The lowest BCUT2D eigenvalue weighted by atomic mass is 9.85. The molecule has 3 unspecified atom stereocenters. The molecule has 4 atom stereocenters. The zero-order valence-electron chi connectivity index (χ0n) is 14.0. The fourth-order valence-corrected chi connectivity index (χ4v) is 3.30. The number of hydrazine groups is 1. The molecule has 8 heteroatoms. The summed E-state index contributed by atoms with van der Waals surface area (Å²) >= 11 is 0. The number of carboxylic acid groups (broad SMARTS) is 1. The van der Waals surface area contributed by atoms with Crippen LogP contribution in [-0.2, 0) is 14.4 Å². The monoisotopic (exact) mass is 328 g/mol. The number of carbonyl (C=O) groups excluding carboxylic acids is 2. The molecular formula is C15H28N4O4. The zero-order valence-corrected chi connectivity index (χ0v) is 14.0. The van der Waals surface area contributed by atoms with Gasteiger partial charge in [0.1, 0.15) is 6.04 Å². The van der Waals surface area contributed by atoms with E-state index < -0.39 is 29.9 Å². The second kappa shape index (κ2) is 8.83. The lowest BCUT2D eigenvalue weighted by Crippen LogP contribution is -2.54. The van der Waals surface area contributed by atoms with Crippen molar-refractivity contribution in [3.05, 3.63) is 0 Å². The molecule has 23 heavy (non-hydrogen) atoms. The molecule has 1 fully saturated rings. The van der Waals surface area contributed by atoms with Gasteiger partial charge in [-0.2, -0.15) is 0 Å². The van der Waals surface area contributed by atoms with Gasteiger partial charge in [-0.3, -0.25) is 25.1 Å². The van der Waals surface area contributed by atoms with Gasteiger partial charge in [-0.1, -0.05) is 26.7 Å². The first kappa shape index (κ1) is 19.4. The Balaban J connectivity index is 3.00. The van der Waals surface area contributed by atoms with E-state index in [4.69, 9.17) is 5.84 Å². The number of hydrogen-bond acceptors (Lipinski definition) is 5. The maximum absolute atomic E-state index is 12.0. The highest BCUT2D eigenvalue weighted by molar-refractivity contribution is 5.82. The van der Waals surface area contributed by atoms with Crippen molar-refractivity contribution in [2.45, 2.75) is 64.6 Å². The molecular weight excluding hydrogens is 300 g/mol. The second-order valence-electron chi connectivity index (χ2n) is 6.16. The molecule has 1 heterocycles. The van der Waals surface area contributed by atoms with Crippen molar-refractivity contribution in [1.29, 1.82) is 0 Å². The van der Waals surface area contributed by atoms with Crippen LogP contribution in [0.5, 0.6) is 0 Å². The van der Waals surface area contributed by atoms with Crippen LogP contribution in [0.25, 0.3) is 0 Å². The minimum Gasteiger partial charge on any atom is -0.480 e. The van der Waals surface area contributed by atoms with Crippen LogP contribution in [0.4, 0.5) is 0 Å². The predicted octanol–water partition coefficient (Wildman–Crippen LogP) is -0.261. The predicted molar refractivity (Wildman–Crippen MR) is 85.1 cm³/mol. The molecule has 0 aromatic heterocycles. The average molecular weight is 328 g/mol. The van der Waals surface area contributed by atoms with Crippen LogP contribution in [0.3, 0.4) is 0 Å². The summed E-state index contributed by atoms with van der Waals surface area (Å²) in [5.41, 5.74) is 2.10. The maximum atomic E-state index is 12.0. The third-order valence-corrected chi connectivity index (χ3v) is 4.66. The molecule has 1 aliphatic heterocycles. The SMILES string of the molecule is CCC(CC)CC(NC(C)=O)C1N[C@H](C(=O)O)CC1C(=O)NN. The molecule has 0 bridgehead atoms. The molecule has 1 saturated heterocycles. The van der Waals surface area contributed by atoms with E-state index in [1.165, 1.54) is 6.92 Å². The number of carbonyl (C=O) groups is 3. The highest BCUT2D eigenvalue weighted by Crippen LogP contribution is 2.27. The van der Waals surface area contributed by atoms with Gasteiger partial charge in [0.25, 0.3) is 0 Å². The van der Waals surface area contributed by atoms with Gasteiger partial charge in [-0.15, -0.1) is 0 Å². The minimum absolute atomic E-state index is 0.155.